The number of rotatable bonds is 5. The minimum absolute atomic E-state index is 0.195. The van der Waals surface area contributed by atoms with Crippen molar-refractivity contribution in [2.45, 2.75) is 33.1 Å². The molecule has 16 heavy (non-hydrogen) atoms. The fourth-order valence-electron chi connectivity index (χ4n) is 1.85. The average Bonchev–Trinajstić information content (AvgIpc) is 2.27. The van der Waals surface area contributed by atoms with Crippen LogP contribution >= 0.6 is 0 Å². The molecule has 0 N–H and O–H groups in total. The van der Waals surface area contributed by atoms with Gasteiger partial charge in [-0.3, -0.25) is 4.79 Å². The zero-order chi connectivity index (χ0) is 12.0. The molecule has 0 bridgehead atoms. The zero-order valence-electron chi connectivity index (χ0n) is 10.3. The van der Waals surface area contributed by atoms with E-state index in [1.54, 1.807) is 0 Å². The lowest BCUT2D eigenvalue weighted by atomic mass is 9.91. The standard InChI is InChI=1S/C14H20O2/c1-11(10-16-13(3)15)9-12(2)14-7-5-4-6-8-14/h4-8,11-12H,9-10H2,1-3H3/t11-,12+/m1/s1. The Bertz CT molecular complexity index is 319. The van der Waals surface area contributed by atoms with E-state index in [1.165, 1.54) is 12.5 Å². The number of ether oxygens (including phenoxy) is 1. The van der Waals surface area contributed by atoms with Crippen LogP contribution in [-0.4, -0.2) is 12.6 Å². The van der Waals surface area contributed by atoms with Gasteiger partial charge < -0.3 is 4.74 Å². The van der Waals surface area contributed by atoms with Gasteiger partial charge in [-0.1, -0.05) is 44.2 Å². The Hall–Kier alpha value is -1.31. The van der Waals surface area contributed by atoms with Crippen molar-refractivity contribution in [3.05, 3.63) is 35.9 Å². The molecule has 88 valence electrons. The van der Waals surface area contributed by atoms with Crippen LogP contribution in [0.5, 0.6) is 0 Å². The van der Waals surface area contributed by atoms with Gasteiger partial charge in [0.25, 0.3) is 0 Å². The topological polar surface area (TPSA) is 26.3 Å². The van der Waals surface area contributed by atoms with Gasteiger partial charge in [-0.25, -0.2) is 0 Å². The number of benzene rings is 1. The van der Waals surface area contributed by atoms with Crippen LogP contribution in [0.15, 0.2) is 30.3 Å². The van der Waals surface area contributed by atoms with Crippen LogP contribution in [0.3, 0.4) is 0 Å². The van der Waals surface area contributed by atoms with E-state index in [9.17, 15) is 4.79 Å². The quantitative estimate of drug-likeness (QED) is 0.711. The van der Waals surface area contributed by atoms with Gasteiger partial charge in [-0.2, -0.15) is 0 Å². The Morgan fingerprint density at radius 2 is 1.88 bits per heavy atom. The molecule has 0 heterocycles. The molecule has 2 nitrogen and oxygen atoms in total. The van der Waals surface area contributed by atoms with Gasteiger partial charge in [-0.05, 0) is 23.8 Å². The minimum Gasteiger partial charge on any atom is -0.466 e. The van der Waals surface area contributed by atoms with E-state index < -0.39 is 0 Å². The molecular weight excluding hydrogens is 200 g/mol. The number of hydrogen-bond acceptors (Lipinski definition) is 2. The maximum Gasteiger partial charge on any atom is 0.302 e. The molecule has 1 rings (SSSR count). The van der Waals surface area contributed by atoms with Crippen molar-refractivity contribution in [1.82, 2.24) is 0 Å². The second kappa shape index (κ2) is 6.31. The number of hydrogen-bond donors (Lipinski definition) is 0. The third kappa shape index (κ3) is 4.47. The first-order chi connectivity index (χ1) is 7.59. The van der Waals surface area contributed by atoms with Gasteiger partial charge in [0, 0.05) is 6.92 Å². The maximum absolute atomic E-state index is 10.7. The lowest BCUT2D eigenvalue weighted by Gasteiger charge is -2.17. The van der Waals surface area contributed by atoms with Crippen molar-refractivity contribution in [3.8, 4) is 0 Å². The highest BCUT2D eigenvalue weighted by atomic mass is 16.5. The average molecular weight is 220 g/mol. The molecule has 0 fully saturated rings. The van der Waals surface area contributed by atoms with Crippen LogP contribution in [-0.2, 0) is 9.53 Å². The van der Waals surface area contributed by atoms with Crippen molar-refractivity contribution >= 4 is 5.97 Å². The molecule has 0 radical (unpaired) electrons. The van der Waals surface area contributed by atoms with E-state index in [-0.39, 0.29) is 5.97 Å². The summed E-state index contributed by atoms with van der Waals surface area (Å²) in [5.74, 6) is 0.713. The summed E-state index contributed by atoms with van der Waals surface area (Å²) in [6.45, 7) is 6.29. The van der Waals surface area contributed by atoms with Crippen molar-refractivity contribution in [1.29, 1.82) is 0 Å². The first kappa shape index (κ1) is 12.8. The third-order valence-corrected chi connectivity index (χ3v) is 2.70. The molecule has 2 atom stereocenters. The lowest BCUT2D eigenvalue weighted by Crippen LogP contribution is -2.11. The van der Waals surface area contributed by atoms with E-state index in [0.717, 1.165) is 6.42 Å². The van der Waals surface area contributed by atoms with Crippen molar-refractivity contribution in [2.75, 3.05) is 6.61 Å². The molecule has 0 unspecified atom stereocenters. The summed E-state index contributed by atoms with van der Waals surface area (Å²) in [5, 5.41) is 0. The van der Waals surface area contributed by atoms with E-state index in [4.69, 9.17) is 4.74 Å². The molecule has 1 aromatic carbocycles. The monoisotopic (exact) mass is 220 g/mol. The second-order valence-electron chi connectivity index (χ2n) is 4.46. The smallest absolute Gasteiger partial charge is 0.302 e. The van der Waals surface area contributed by atoms with E-state index in [2.05, 4.69) is 38.1 Å². The Morgan fingerprint density at radius 1 is 1.25 bits per heavy atom. The van der Waals surface area contributed by atoms with Crippen LogP contribution in [0.25, 0.3) is 0 Å². The Morgan fingerprint density at radius 3 is 2.44 bits per heavy atom. The van der Waals surface area contributed by atoms with Crippen LogP contribution in [0.2, 0.25) is 0 Å². The first-order valence-corrected chi connectivity index (χ1v) is 5.78. The highest BCUT2D eigenvalue weighted by Gasteiger charge is 2.11. The Labute approximate surface area is 97.6 Å². The third-order valence-electron chi connectivity index (χ3n) is 2.70. The largest absolute Gasteiger partial charge is 0.466 e. The minimum atomic E-state index is -0.195. The van der Waals surface area contributed by atoms with Gasteiger partial charge in [0.05, 0.1) is 6.61 Å². The predicted octanol–water partition coefficient (Wildman–Crippen LogP) is 3.38. The summed E-state index contributed by atoms with van der Waals surface area (Å²) >= 11 is 0. The SMILES string of the molecule is CC(=O)OC[C@H](C)C[C@H](C)c1ccccc1. The molecule has 0 saturated heterocycles. The summed E-state index contributed by atoms with van der Waals surface area (Å²) in [7, 11) is 0. The van der Waals surface area contributed by atoms with Crippen molar-refractivity contribution in [2.24, 2.45) is 5.92 Å². The number of carbonyl (C=O) groups is 1. The molecule has 0 spiro atoms. The molecule has 0 aromatic heterocycles. The zero-order valence-corrected chi connectivity index (χ0v) is 10.3. The van der Waals surface area contributed by atoms with Crippen LogP contribution < -0.4 is 0 Å². The molecular formula is C14H20O2. The molecule has 0 aliphatic carbocycles. The lowest BCUT2D eigenvalue weighted by molar-refractivity contribution is -0.142. The van der Waals surface area contributed by atoms with E-state index in [1.807, 2.05) is 6.07 Å². The number of esters is 1. The molecule has 1 aromatic rings. The van der Waals surface area contributed by atoms with Gasteiger partial charge in [0.15, 0.2) is 0 Å². The van der Waals surface area contributed by atoms with Gasteiger partial charge in [0.1, 0.15) is 0 Å². The molecule has 0 aliphatic heterocycles. The molecule has 2 heteroatoms. The van der Waals surface area contributed by atoms with E-state index >= 15 is 0 Å². The summed E-state index contributed by atoms with van der Waals surface area (Å²) < 4.78 is 5.00. The van der Waals surface area contributed by atoms with Crippen LogP contribution in [0, 0.1) is 5.92 Å². The molecule has 0 saturated carbocycles. The summed E-state index contributed by atoms with van der Waals surface area (Å²) in [5.41, 5.74) is 1.34. The summed E-state index contributed by atoms with van der Waals surface area (Å²) in [4.78, 5) is 10.7. The van der Waals surface area contributed by atoms with Gasteiger partial charge in [-0.15, -0.1) is 0 Å². The summed E-state index contributed by atoms with van der Waals surface area (Å²) in [6.07, 6.45) is 1.04. The maximum atomic E-state index is 10.7. The van der Waals surface area contributed by atoms with E-state index in [0.29, 0.717) is 18.4 Å². The summed E-state index contributed by atoms with van der Waals surface area (Å²) in [6, 6.07) is 10.4. The van der Waals surface area contributed by atoms with Gasteiger partial charge in [0.2, 0.25) is 0 Å². The molecule has 0 aliphatic rings. The Kier molecular flexibility index (Phi) is 5.03. The van der Waals surface area contributed by atoms with Crippen molar-refractivity contribution in [3.63, 3.8) is 0 Å². The first-order valence-electron chi connectivity index (χ1n) is 5.78. The number of carbonyl (C=O) groups excluding carboxylic acids is 1. The van der Waals surface area contributed by atoms with Crippen LogP contribution in [0.1, 0.15) is 38.7 Å². The fourth-order valence-corrected chi connectivity index (χ4v) is 1.85. The predicted molar refractivity (Wildman–Crippen MR) is 65.3 cm³/mol. The Balaban J connectivity index is 2.39. The highest BCUT2D eigenvalue weighted by Crippen LogP contribution is 2.22. The second-order valence-corrected chi connectivity index (χ2v) is 4.46. The fraction of sp³-hybridized carbons (Fsp3) is 0.500. The van der Waals surface area contributed by atoms with Gasteiger partial charge >= 0.3 is 5.97 Å². The highest BCUT2D eigenvalue weighted by molar-refractivity contribution is 5.65. The molecule has 0 amide bonds. The van der Waals surface area contributed by atoms with Crippen LogP contribution in [0.4, 0.5) is 0 Å². The van der Waals surface area contributed by atoms with Crippen molar-refractivity contribution < 1.29 is 9.53 Å². The normalized spacial score (nSPS) is 14.2.